The Balaban J connectivity index is 2.18. The Labute approximate surface area is 92.8 Å². The van der Waals surface area contributed by atoms with Crippen molar-refractivity contribution in [3.05, 3.63) is 0 Å². The predicted molar refractivity (Wildman–Crippen MR) is 54.8 cm³/mol. The number of aliphatic carboxylic acids is 1. The van der Waals surface area contributed by atoms with Gasteiger partial charge in [-0.3, -0.25) is 9.59 Å². The zero-order valence-corrected chi connectivity index (χ0v) is 9.02. The Morgan fingerprint density at radius 1 is 1.31 bits per heavy atom. The van der Waals surface area contributed by atoms with Crippen molar-refractivity contribution in [1.82, 2.24) is 15.5 Å². The number of carboxylic acid groups (broad SMARTS) is 1. The fourth-order valence-corrected chi connectivity index (χ4v) is 1.33. The van der Waals surface area contributed by atoms with Gasteiger partial charge >= 0.3 is 12.0 Å². The monoisotopic (exact) mass is 229 g/mol. The molecule has 0 radical (unpaired) electrons. The Hall–Kier alpha value is -1.79. The standard InChI is InChI=1S/C9H15N3O4/c1-2-10-7(13)3-11-9(16)12-4-6(5-12)8(14)15/h6H,2-5H2,1H3,(H,10,13)(H,11,16)(H,14,15). The van der Waals surface area contributed by atoms with E-state index >= 15 is 0 Å². The molecule has 7 heteroatoms. The summed E-state index contributed by atoms with van der Waals surface area (Å²) in [6, 6.07) is -0.399. The molecule has 0 aromatic heterocycles. The average molecular weight is 229 g/mol. The van der Waals surface area contributed by atoms with Crippen LogP contribution >= 0.6 is 0 Å². The zero-order chi connectivity index (χ0) is 12.1. The van der Waals surface area contributed by atoms with Gasteiger partial charge in [-0.15, -0.1) is 0 Å². The van der Waals surface area contributed by atoms with E-state index in [1.807, 2.05) is 0 Å². The van der Waals surface area contributed by atoms with Crippen molar-refractivity contribution in [2.75, 3.05) is 26.2 Å². The summed E-state index contributed by atoms with van der Waals surface area (Å²) in [6.07, 6.45) is 0. The molecule has 16 heavy (non-hydrogen) atoms. The third-order valence-electron chi connectivity index (χ3n) is 2.29. The van der Waals surface area contributed by atoms with E-state index in [2.05, 4.69) is 10.6 Å². The molecular formula is C9H15N3O4. The van der Waals surface area contributed by atoms with Gasteiger partial charge in [-0.2, -0.15) is 0 Å². The van der Waals surface area contributed by atoms with Gasteiger partial charge in [0.05, 0.1) is 12.5 Å². The van der Waals surface area contributed by atoms with E-state index in [-0.39, 0.29) is 25.5 Å². The van der Waals surface area contributed by atoms with Crippen LogP contribution in [-0.4, -0.2) is 54.1 Å². The lowest BCUT2D eigenvalue weighted by Crippen LogP contribution is -2.57. The number of hydrogen-bond acceptors (Lipinski definition) is 3. The van der Waals surface area contributed by atoms with Crippen molar-refractivity contribution in [1.29, 1.82) is 0 Å². The molecule has 1 fully saturated rings. The number of rotatable bonds is 4. The molecule has 0 spiro atoms. The van der Waals surface area contributed by atoms with Crippen molar-refractivity contribution in [3.63, 3.8) is 0 Å². The maximum absolute atomic E-state index is 11.3. The van der Waals surface area contributed by atoms with Crippen LogP contribution in [0.4, 0.5) is 4.79 Å². The van der Waals surface area contributed by atoms with Crippen LogP contribution < -0.4 is 10.6 Å². The Bertz CT molecular complexity index is 299. The molecule has 0 aliphatic carbocycles. The molecule has 0 aromatic carbocycles. The van der Waals surface area contributed by atoms with E-state index in [1.165, 1.54) is 4.90 Å². The summed E-state index contributed by atoms with van der Waals surface area (Å²) in [6.45, 7) is 2.63. The Morgan fingerprint density at radius 2 is 1.94 bits per heavy atom. The van der Waals surface area contributed by atoms with E-state index in [0.717, 1.165) is 0 Å². The molecular weight excluding hydrogens is 214 g/mol. The number of likely N-dealkylation sites (N-methyl/N-ethyl adjacent to an activating group) is 1. The van der Waals surface area contributed by atoms with Crippen LogP contribution in [-0.2, 0) is 9.59 Å². The first kappa shape index (κ1) is 12.3. The highest BCUT2D eigenvalue weighted by Crippen LogP contribution is 2.14. The number of hydrogen-bond donors (Lipinski definition) is 3. The Morgan fingerprint density at radius 3 is 2.44 bits per heavy atom. The highest BCUT2D eigenvalue weighted by atomic mass is 16.4. The van der Waals surface area contributed by atoms with Crippen molar-refractivity contribution in [2.45, 2.75) is 6.92 Å². The normalized spacial score (nSPS) is 15.2. The minimum Gasteiger partial charge on any atom is -0.481 e. The number of likely N-dealkylation sites (tertiary alicyclic amines) is 1. The number of amides is 3. The third-order valence-corrected chi connectivity index (χ3v) is 2.29. The van der Waals surface area contributed by atoms with Gasteiger partial charge < -0.3 is 20.6 Å². The fourth-order valence-electron chi connectivity index (χ4n) is 1.33. The number of urea groups is 1. The second kappa shape index (κ2) is 5.34. The van der Waals surface area contributed by atoms with Crippen molar-refractivity contribution < 1.29 is 19.5 Å². The molecule has 0 aromatic rings. The molecule has 3 N–H and O–H groups in total. The third kappa shape index (κ3) is 3.11. The second-order valence-corrected chi connectivity index (χ2v) is 3.55. The zero-order valence-electron chi connectivity index (χ0n) is 9.02. The van der Waals surface area contributed by atoms with Crippen LogP contribution in [0.15, 0.2) is 0 Å². The molecule has 1 aliphatic rings. The summed E-state index contributed by atoms with van der Waals surface area (Å²) in [5, 5.41) is 13.5. The molecule has 0 atom stereocenters. The maximum atomic E-state index is 11.3. The van der Waals surface area contributed by atoms with Gasteiger partial charge in [0, 0.05) is 19.6 Å². The van der Waals surface area contributed by atoms with Crippen molar-refractivity contribution in [3.8, 4) is 0 Å². The van der Waals surface area contributed by atoms with Crippen LogP contribution in [0.3, 0.4) is 0 Å². The first-order valence-electron chi connectivity index (χ1n) is 5.06. The van der Waals surface area contributed by atoms with E-state index in [1.54, 1.807) is 6.92 Å². The predicted octanol–water partition coefficient (Wildman–Crippen LogP) is -1.15. The molecule has 0 saturated carbocycles. The van der Waals surface area contributed by atoms with E-state index in [0.29, 0.717) is 6.54 Å². The van der Waals surface area contributed by atoms with Gasteiger partial charge in [0.15, 0.2) is 0 Å². The first-order chi connectivity index (χ1) is 7.54. The number of nitrogens with zero attached hydrogens (tertiary/aromatic N) is 1. The van der Waals surface area contributed by atoms with Gasteiger partial charge in [0.2, 0.25) is 5.91 Å². The van der Waals surface area contributed by atoms with E-state index in [4.69, 9.17) is 5.11 Å². The summed E-state index contributed by atoms with van der Waals surface area (Å²) in [5.41, 5.74) is 0. The lowest BCUT2D eigenvalue weighted by atomic mass is 10.0. The largest absolute Gasteiger partial charge is 0.481 e. The van der Waals surface area contributed by atoms with Crippen LogP contribution in [0.25, 0.3) is 0 Å². The molecule has 0 bridgehead atoms. The van der Waals surface area contributed by atoms with E-state index in [9.17, 15) is 14.4 Å². The van der Waals surface area contributed by atoms with Crippen LogP contribution in [0.2, 0.25) is 0 Å². The average Bonchev–Trinajstić information content (AvgIpc) is 2.12. The summed E-state index contributed by atoms with van der Waals surface area (Å²) in [5.74, 6) is -1.63. The number of nitrogens with one attached hydrogen (secondary N) is 2. The van der Waals surface area contributed by atoms with Crippen molar-refractivity contribution >= 4 is 17.9 Å². The van der Waals surface area contributed by atoms with Gasteiger partial charge in [-0.05, 0) is 6.92 Å². The van der Waals surface area contributed by atoms with Crippen molar-refractivity contribution in [2.24, 2.45) is 5.92 Å². The van der Waals surface area contributed by atoms with Crippen LogP contribution in [0.1, 0.15) is 6.92 Å². The summed E-state index contributed by atoms with van der Waals surface area (Å²) < 4.78 is 0. The Kier molecular flexibility index (Phi) is 4.10. The SMILES string of the molecule is CCNC(=O)CNC(=O)N1CC(C(=O)O)C1. The highest BCUT2D eigenvalue weighted by molar-refractivity contribution is 5.85. The number of carboxylic acids is 1. The molecule has 7 nitrogen and oxygen atoms in total. The van der Waals surface area contributed by atoms with Gasteiger partial charge in [-0.25, -0.2) is 4.79 Å². The molecule has 90 valence electrons. The molecule has 0 unspecified atom stereocenters. The molecule has 1 rings (SSSR count). The highest BCUT2D eigenvalue weighted by Gasteiger charge is 2.35. The van der Waals surface area contributed by atoms with E-state index < -0.39 is 17.9 Å². The first-order valence-corrected chi connectivity index (χ1v) is 5.06. The smallest absolute Gasteiger partial charge is 0.317 e. The summed E-state index contributed by atoms with van der Waals surface area (Å²) in [4.78, 5) is 34.2. The van der Waals surface area contributed by atoms with Crippen LogP contribution in [0, 0.1) is 5.92 Å². The van der Waals surface area contributed by atoms with Gasteiger partial charge in [0.25, 0.3) is 0 Å². The lowest BCUT2D eigenvalue weighted by molar-refractivity contribution is -0.146. The molecule has 1 aliphatic heterocycles. The second-order valence-electron chi connectivity index (χ2n) is 3.55. The summed E-state index contributed by atoms with van der Waals surface area (Å²) >= 11 is 0. The van der Waals surface area contributed by atoms with Gasteiger partial charge in [0.1, 0.15) is 0 Å². The lowest BCUT2D eigenvalue weighted by Gasteiger charge is -2.36. The van der Waals surface area contributed by atoms with Crippen LogP contribution in [0.5, 0.6) is 0 Å². The molecule has 1 heterocycles. The van der Waals surface area contributed by atoms with Gasteiger partial charge in [-0.1, -0.05) is 0 Å². The minimum atomic E-state index is -0.896. The summed E-state index contributed by atoms with van der Waals surface area (Å²) in [7, 11) is 0. The fraction of sp³-hybridized carbons (Fsp3) is 0.667. The number of carbonyl (C=O) groups is 3. The molecule has 3 amide bonds. The number of carbonyl (C=O) groups excluding carboxylic acids is 2. The minimum absolute atomic E-state index is 0.0824. The quantitative estimate of drug-likeness (QED) is 0.566. The maximum Gasteiger partial charge on any atom is 0.317 e. The molecule has 1 saturated heterocycles. The topological polar surface area (TPSA) is 98.7 Å².